The minimum absolute atomic E-state index is 0.00544. The molecule has 17 heteroatoms. The minimum atomic E-state index is -2.28. The Morgan fingerprint density at radius 3 is 1.71 bits per heavy atom. The van der Waals surface area contributed by atoms with Crippen LogP contribution in [0.15, 0.2) is 96.2 Å². The largest absolute Gasteiger partial charge is 0.459 e. The lowest BCUT2D eigenvalue weighted by atomic mass is 9.73. The number of likely N-dealkylation sites (N-methyl/N-ethyl adjacent to an activating group) is 1. The Morgan fingerprint density at radius 2 is 1.24 bits per heavy atom. The molecule has 79 heavy (non-hydrogen) atoms. The summed E-state index contributed by atoms with van der Waals surface area (Å²) < 4.78 is 54.5. The van der Waals surface area contributed by atoms with Crippen LogP contribution < -0.4 is 0 Å². The molecule has 0 unspecified atom stereocenters. The van der Waals surface area contributed by atoms with Gasteiger partial charge < -0.3 is 62.3 Å². The number of hydrogen-bond acceptors (Lipinski definition) is 15. The molecule has 18 atom stereocenters. The van der Waals surface area contributed by atoms with Gasteiger partial charge >= 0.3 is 5.97 Å². The molecule has 0 aliphatic carbocycles. The fourth-order valence-electron chi connectivity index (χ4n) is 12.5. The second kappa shape index (κ2) is 26.0. The summed E-state index contributed by atoms with van der Waals surface area (Å²) in [6.45, 7) is 31.1. The molecule has 0 aromatic heterocycles. The number of aliphatic hydroxyl groups excluding tert-OH is 1. The van der Waals surface area contributed by atoms with Gasteiger partial charge in [0.05, 0.1) is 59.5 Å². The summed E-state index contributed by atoms with van der Waals surface area (Å²) in [6.07, 6.45) is -7.44. The third kappa shape index (κ3) is 15.1. The van der Waals surface area contributed by atoms with Gasteiger partial charge in [-0.1, -0.05) is 124 Å². The van der Waals surface area contributed by atoms with Crippen LogP contribution >= 0.6 is 0 Å². The maximum atomic E-state index is 15.1. The summed E-state index contributed by atoms with van der Waals surface area (Å²) in [7, 11) is 1.34. The van der Waals surface area contributed by atoms with Crippen molar-refractivity contribution < 1.29 is 62.2 Å². The van der Waals surface area contributed by atoms with E-state index in [0.717, 1.165) is 16.7 Å². The highest BCUT2D eigenvalue weighted by atomic mass is 28.4. The minimum Gasteiger partial charge on any atom is -0.459 e. The van der Waals surface area contributed by atoms with Crippen LogP contribution in [0, 0.1) is 23.7 Å². The van der Waals surface area contributed by atoms with Gasteiger partial charge in [-0.05, 0) is 114 Å². The van der Waals surface area contributed by atoms with Crippen LogP contribution in [0.25, 0.3) is 0 Å². The van der Waals surface area contributed by atoms with Gasteiger partial charge in [-0.2, -0.15) is 0 Å². The molecule has 442 valence electrons. The Hall–Kier alpha value is -3.41. The quantitative estimate of drug-likeness (QED) is 0.0534. The van der Waals surface area contributed by atoms with Crippen LogP contribution in [0.1, 0.15) is 112 Å². The van der Waals surface area contributed by atoms with E-state index in [0.29, 0.717) is 12.1 Å². The van der Waals surface area contributed by atoms with Crippen molar-refractivity contribution in [3.8, 4) is 0 Å². The fourth-order valence-corrected chi connectivity index (χ4v) is 14.8. The number of carbonyl (C=O) groups excluding carboxylic acids is 1. The molecule has 0 saturated carbocycles. The van der Waals surface area contributed by atoms with Crippen molar-refractivity contribution in [1.29, 1.82) is 0 Å². The van der Waals surface area contributed by atoms with E-state index >= 15 is 4.79 Å². The molecular weight excluding hydrogens is 1040 g/mol. The maximum absolute atomic E-state index is 15.1. The standard InChI is InChI=1S/C62H98N2O13Si2/c1-20-49-61(10,68)54(65)41(4)51(63-77-62(45-30-24-21-25-31-45,46-32-26-22-27-33-46)47-34-28-23-29-35-47)39(2)37-59(8,67)55(74-58-53(75-78(14,15)16)48(64(11)12)36-40(3)70-58)42(5)52(43(6)57(66)72-49)73-50-38-60(9,69-13)56(44(7)71-50)76-79(17,18)19/h21-35,39-44,48-50,52-56,58,65,67-68H,20,36-38H2,1-19H3/b63-51+/t39-,40-,41+,42+,43-,44+,48+,49-,50+,52+,53-,54-,55-,56+,58+,59-,60-,61-/m1/s1. The van der Waals surface area contributed by atoms with Crippen LogP contribution in [0.3, 0.4) is 0 Å². The Bertz CT molecular complexity index is 2320. The number of methoxy groups -OCH3 is 1. The number of oxime groups is 1. The van der Waals surface area contributed by atoms with Gasteiger partial charge in [-0.25, -0.2) is 0 Å². The Labute approximate surface area is 475 Å². The van der Waals surface area contributed by atoms with Gasteiger partial charge in [0.25, 0.3) is 0 Å². The first-order valence-electron chi connectivity index (χ1n) is 28.7. The van der Waals surface area contributed by atoms with Gasteiger partial charge in [0, 0.05) is 54.0 Å². The molecule has 3 saturated heterocycles. The zero-order valence-electron chi connectivity index (χ0n) is 51.0. The molecule has 0 radical (unpaired) electrons. The number of cyclic esters (lactones) is 1. The zero-order chi connectivity index (χ0) is 58.6. The van der Waals surface area contributed by atoms with Crippen molar-refractivity contribution in [3.05, 3.63) is 108 Å². The molecule has 3 aliphatic rings. The molecular formula is C62H98N2O13Si2. The molecule has 0 bridgehead atoms. The Balaban J connectivity index is 1.57. The monoisotopic (exact) mass is 1130 g/mol. The molecule has 6 rings (SSSR count). The topological polar surface area (TPSA) is 176 Å². The second-order valence-corrected chi connectivity index (χ2v) is 34.8. The smallest absolute Gasteiger partial charge is 0.311 e. The van der Waals surface area contributed by atoms with E-state index in [-0.39, 0.29) is 31.4 Å². The lowest BCUT2D eigenvalue weighted by molar-refractivity contribution is -0.315. The van der Waals surface area contributed by atoms with Gasteiger partial charge in [0.1, 0.15) is 17.8 Å². The number of hydrogen-bond donors (Lipinski definition) is 3. The van der Waals surface area contributed by atoms with E-state index in [1.165, 1.54) is 6.92 Å². The predicted octanol–water partition coefficient (Wildman–Crippen LogP) is 10.3. The van der Waals surface area contributed by atoms with Crippen molar-refractivity contribution >= 4 is 28.3 Å². The summed E-state index contributed by atoms with van der Waals surface area (Å²) in [4.78, 5) is 24.4. The molecule has 3 aliphatic heterocycles. The third-order valence-corrected chi connectivity index (χ3v) is 18.5. The van der Waals surface area contributed by atoms with Crippen LogP contribution in [-0.2, 0) is 52.5 Å². The van der Waals surface area contributed by atoms with E-state index in [1.807, 2.05) is 140 Å². The molecule has 3 fully saturated rings. The molecule has 0 amide bonds. The average molecular weight is 1140 g/mol. The summed E-state index contributed by atoms with van der Waals surface area (Å²) in [5.74, 6) is -4.13. The highest BCUT2D eigenvalue weighted by Crippen LogP contribution is 2.45. The van der Waals surface area contributed by atoms with Crippen molar-refractivity contribution in [2.75, 3.05) is 21.2 Å². The van der Waals surface area contributed by atoms with Gasteiger partial charge in [0.2, 0.25) is 5.60 Å². The van der Waals surface area contributed by atoms with Crippen molar-refractivity contribution in [2.45, 2.75) is 224 Å². The molecule has 3 aromatic rings. The number of benzene rings is 3. The first kappa shape index (κ1) is 64.8. The lowest BCUT2D eigenvalue weighted by Crippen LogP contribution is -2.62. The third-order valence-electron chi connectivity index (χ3n) is 16.6. The first-order valence-corrected chi connectivity index (χ1v) is 35.6. The predicted molar refractivity (Wildman–Crippen MR) is 313 cm³/mol. The number of esters is 1. The Kier molecular flexibility index (Phi) is 21.3. The second-order valence-electron chi connectivity index (χ2n) is 25.9. The van der Waals surface area contributed by atoms with Crippen LogP contribution in [0.4, 0.5) is 0 Å². The number of nitrogens with zero attached hydrogens (tertiary/aromatic N) is 2. The van der Waals surface area contributed by atoms with Gasteiger partial charge in [-0.3, -0.25) is 4.79 Å². The summed E-state index contributed by atoms with van der Waals surface area (Å²) in [5, 5.41) is 44.2. The fraction of sp³-hybridized carbons (Fsp3) is 0.677. The number of aliphatic hydroxyl groups is 3. The van der Waals surface area contributed by atoms with Crippen LogP contribution in [0.2, 0.25) is 39.3 Å². The van der Waals surface area contributed by atoms with Crippen molar-refractivity contribution in [1.82, 2.24) is 4.90 Å². The van der Waals surface area contributed by atoms with Crippen LogP contribution in [-0.4, -0.2) is 154 Å². The summed E-state index contributed by atoms with van der Waals surface area (Å²) in [5.41, 5.74) is -3.21. The molecule has 3 aromatic carbocycles. The van der Waals surface area contributed by atoms with E-state index in [9.17, 15) is 15.3 Å². The lowest BCUT2D eigenvalue weighted by Gasteiger charge is -2.51. The van der Waals surface area contributed by atoms with Gasteiger partial charge in [0.15, 0.2) is 29.2 Å². The highest BCUT2D eigenvalue weighted by Gasteiger charge is 2.55. The number of rotatable bonds is 16. The van der Waals surface area contributed by atoms with E-state index in [2.05, 4.69) is 44.2 Å². The highest BCUT2D eigenvalue weighted by molar-refractivity contribution is 6.70. The number of carbonyl (C=O) groups is 1. The number of ether oxygens (including phenoxy) is 6. The summed E-state index contributed by atoms with van der Waals surface area (Å²) in [6, 6.07) is 29.4. The zero-order valence-corrected chi connectivity index (χ0v) is 53.0. The van der Waals surface area contributed by atoms with Crippen molar-refractivity contribution in [2.24, 2.45) is 28.8 Å². The van der Waals surface area contributed by atoms with Crippen LogP contribution in [0.5, 0.6) is 0 Å². The van der Waals surface area contributed by atoms with Gasteiger partial charge in [-0.15, -0.1) is 0 Å². The molecule has 15 nitrogen and oxygen atoms in total. The van der Waals surface area contributed by atoms with E-state index < -0.39 is 124 Å². The molecule has 0 spiro atoms. The average Bonchev–Trinajstić information content (AvgIpc) is 3.38. The molecule has 3 N–H and O–H groups in total. The summed E-state index contributed by atoms with van der Waals surface area (Å²) >= 11 is 0. The maximum Gasteiger partial charge on any atom is 0.311 e. The first-order chi connectivity index (χ1) is 36.8. The van der Waals surface area contributed by atoms with Crippen molar-refractivity contribution in [3.63, 3.8) is 0 Å². The van der Waals surface area contributed by atoms with E-state index in [4.69, 9.17) is 47.3 Å². The normalized spacial score (nSPS) is 37.3. The van der Waals surface area contributed by atoms with E-state index in [1.54, 1.807) is 34.8 Å². The SMILES string of the molecule is CC[C@H]1OC(=O)[C@H](C)[C@@H](O[C@H]2C[C@@](C)(OC)[C@@H](O[Si](C)(C)C)[C@H](C)O2)[C@H](C)[C@@H](O[C@@H]2O[C@H](C)C[C@H](N(C)C)[C@H]2O[Si](C)(C)C)[C@](C)(O)C[C@@H](C)/C(=N\OC(c2ccccc2)(c2ccccc2)c2ccccc2)[C@H](C)[C@@H](O)[C@]1(C)O. The Morgan fingerprint density at radius 1 is 0.722 bits per heavy atom. The molecule has 3 heterocycles.